The molecular formula is C14H21F2NO2S. The number of ether oxygens (including phenoxy) is 1. The summed E-state index contributed by atoms with van der Waals surface area (Å²) in [5.41, 5.74) is 1.37. The van der Waals surface area contributed by atoms with Crippen LogP contribution in [0.5, 0.6) is 5.75 Å². The highest BCUT2D eigenvalue weighted by molar-refractivity contribution is 7.99. The second-order valence-electron chi connectivity index (χ2n) is 4.57. The molecule has 0 spiro atoms. The molecule has 1 aromatic rings. The topological polar surface area (TPSA) is 41.5 Å². The van der Waals surface area contributed by atoms with E-state index >= 15 is 0 Å². The van der Waals surface area contributed by atoms with Crippen LogP contribution in [0.15, 0.2) is 18.2 Å². The Labute approximate surface area is 122 Å². The Morgan fingerprint density at radius 3 is 2.65 bits per heavy atom. The first-order valence-electron chi connectivity index (χ1n) is 6.40. The van der Waals surface area contributed by atoms with Crippen molar-refractivity contribution in [3.63, 3.8) is 0 Å². The van der Waals surface area contributed by atoms with Gasteiger partial charge in [0.05, 0.1) is 6.61 Å². The van der Waals surface area contributed by atoms with Crippen LogP contribution >= 0.6 is 11.8 Å². The molecule has 6 heteroatoms. The summed E-state index contributed by atoms with van der Waals surface area (Å²) in [6.07, 6.45) is 1.93. The van der Waals surface area contributed by atoms with Crippen molar-refractivity contribution in [3.05, 3.63) is 29.3 Å². The molecule has 0 saturated heterocycles. The maximum absolute atomic E-state index is 12.4. The number of para-hydroxylation sites is 1. The Hall–Kier alpha value is -0.850. The lowest BCUT2D eigenvalue weighted by molar-refractivity contribution is -0.0509. The van der Waals surface area contributed by atoms with Gasteiger partial charge in [-0.2, -0.15) is 20.5 Å². The number of hydrogen-bond donors (Lipinski definition) is 2. The first kappa shape index (κ1) is 17.2. The van der Waals surface area contributed by atoms with E-state index < -0.39 is 6.61 Å². The highest BCUT2D eigenvalue weighted by atomic mass is 32.2. The van der Waals surface area contributed by atoms with E-state index in [1.54, 1.807) is 30.8 Å². The molecule has 20 heavy (non-hydrogen) atoms. The third kappa shape index (κ3) is 4.92. The highest BCUT2D eigenvalue weighted by Gasteiger charge is 2.17. The Morgan fingerprint density at radius 1 is 1.40 bits per heavy atom. The van der Waals surface area contributed by atoms with Crippen LogP contribution in [-0.2, 0) is 6.54 Å². The van der Waals surface area contributed by atoms with Crippen LogP contribution in [0.2, 0.25) is 0 Å². The smallest absolute Gasteiger partial charge is 0.387 e. The molecule has 0 aliphatic heterocycles. The van der Waals surface area contributed by atoms with Crippen molar-refractivity contribution in [2.45, 2.75) is 38.3 Å². The average molecular weight is 305 g/mol. The molecule has 0 amide bonds. The van der Waals surface area contributed by atoms with Gasteiger partial charge in [-0.3, -0.25) is 0 Å². The van der Waals surface area contributed by atoms with E-state index in [-0.39, 0.29) is 23.6 Å². The minimum absolute atomic E-state index is 0.0647. The van der Waals surface area contributed by atoms with E-state index in [0.29, 0.717) is 17.7 Å². The fourth-order valence-corrected chi connectivity index (χ4v) is 2.60. The summed E-state index contributed by atoms with van der Waals surface area (Å²) in [6.45, 7) is 1.36. The molecule has 1 rings (SSSR count). The fourth-order valence-electron chi connectivity index (χ4n) is 1.95. The van der Waals surface area contributed by atoms with Crippen LogP contribution in [-0.4, -0.2) is 35.9 Å². The Bertz CT molecular complexity index is 414. The number of nitrogens with one attached hydrogen (secondary N) is 1. The van der Waals surface area contributed by atoms with Gasteiger partial charge in [0.1, 0.15) is 5.75 Å². The van der Waals surface area contributed by atoms with Gasteiger partial charge < -0.3 is 15.2 Å². The minimum atomic E-state index is -2.83. The van der Waals surface area contributed by atoms with Gasteiger partial charge in [-0.15, -0.1) is 0 Å². The molecule has 0 fully saturated rings. The van der Waals surface area contributed by atoms with Gasteiger partial charge in [-0.25, -0.2) is 0 Å². The fraction of sp³-hybridized carbons (Fsp3) is 0.571. The maximum Gasteiger partial charge on any atom is 0.387 e. The first-order chi connectivity index (χ1) is 9.49. The molecule has 0 saturated carbocycles. The van der Waals surface area contributed by atoms with Gasteiger partial charge in [0.15, 0.2) is 0 Å². The van der Waals surface area contributed by atoms with E-state index in [1.165, 1.54) is 0 Å². The molecule has 0 radical (unpaired) electrons. The van der Waals surface area contributed by atoms with Gasteiger partial charge in [0.2, 0.25) is 0 Å². The molecular weight excluding hydrogens is 284 g/mol. The summed E-state index contributed by atoms with van der Waals surface area (Å²) in [7, 11) is 0. The van der Waals surface area contributed by atoms with E-state index in [4.69, 9.17) is 0 Å². The molecule has 0 aliphatic carbocycles. The lowest BCUT2D eigenvalue weighted by atomic mass is 10.1. The molecule has 2 N–H and O–H groups in total. The van der Waals surface area contributed by atoms with Crippen LogP contribution in [0.25, 0.3) is 0 Å². The highest BCUT2D eigenvalue weighted by Crippen LogP contribution is 2.25. The van der Waals surface area contributed by atoms with Crippen LogP contribution in [0.3, 0.4) is 0 Å². The van der Waals surface area contributed by atoms with Crippen molar-refractivity contribution in [3.8, 4) is 5.75 Å². The summed E-state index contributed by atoms with van der Waals surface area (Å²) >= 11 is 1.57. The van der Waals surface area contributed by atoms with Crippen molar-refractivity contribution < 1.29 is 18.6 Å². The molecule has 0 aromatic heterocycles. The molecule has 0 heterocycles. The van der Waals surface area contributed by atoms with E-state index in [1.807, 2.05) is 19.2 Å². The van der Waals surface area contributed by atoms with Gasteiger partial charge >= 0.3 is 6.61 Å². The lowest BCUT2D eigenvalue weighted by Crippen LogP contribution is -2.37. The third-order valence-electron chi connectivity index (χ3n) is 3.16. The summed E-state index contributed by atoms with van der Waals surface area (Å²) in [5.74, 6) is 0.229. The molecule has 1 aromatic carbocycles. The van der Waals surface area contributed by atoms with E-state index in [0.717, 1.165) is 0 Å². The second-order valence-corrected chi connectivity index (χ2v) is 5.64. The normalized spacial score (nSPS) is 14.3. The number of thioether (sulfide) groups is 1. The number of halogens is 2. The molecule has 2 unspecified atom stereocenters. The van der Waals surface area contributed by atoms with Crippen molar-refractivity contribution in [1.82, 2.24) is 5.32 Å². The van der Waals surface area contributed by atoms with Crippen molar-refractivity contribution in [2.24, 2.45) is 0 Å². The zero-order valence-corrected chi connectivity index (χ0v) is 12.7. The number of rotatable bonds is 8. The van der Waals surface area contributed by atoms with Gasteiger partial charge in [0, 0.05) is 23.4 Å². The SMILES string of the molecule is CSC(CO)C(C)NCc1cccc(C)c1OC(F)F. The third-order valence-corrected chi connectivity index (χ3v) is 4.32. The first-order valence-corrected chi connectivity index (χ1v) is 7.68. The molecule has 2 atom stereocenters. The van der Waals surface area contributed by atoms with Gasteiger partial charge in [0.25, 0.3) is 0 Å². The average Bonchev–Trinajstić information content (AvgIpc) is 2.40. The van der Waals surface area contributed by atoms with E-state index in [2.05, 4.69) is 10.1 Å². The molecule has 3 nitrogen and oxygen atoms in total. The standard InChI is InChI=1S/C14H21F2NO2S/c1-9-5-4-6-11(13(9)19-14(15)16)7-17-10(2)12(8-18)20-3/h4-6,10,12,14,17-18H,7-8H2,1-3H3. The number of hydrogen-bond acceptors (Lipinski definition) is 4. The van der Waals surface area contributed by atoms with Crippen LogP contribution in [0.4, 0.5) is 8.78 Å². The quantitative estimate of drug-likeness (QED) is 0.775. The van der Waals surface area contributed by atoms with Crippen LogP contribution in [0, 0.1) is 6.92 Å². The number of alkyl halides is 2. The van der Waals surface area contributed by atoms with Crippen molar-refractivity contribution in [1.29, 1.82) is 0 Å². The summed E-state index contributed by atoms with van der Waals surface area (Å²) in [6, 6.07) is 5.38. The summed E-state index contributed by atoms with van der Waals surface area (Å²) in [4.78, 5) is 0. The number of benzene rings is 1. The summed E-state index contributed by atoms with van der Waals surface area (Å²) < 4.78 is 29.5. The molecule has 0 bridgehead atoms. The minimum Gasteiger partial charge on any atom is -0.434 e. The second kappa shape index (κ2) is 8.44. The zero-order chi connectivity index (χ0) is 15.1. The lowest BCUT2D eigenvalue weighted by Gasteiger charge is -2.22. The Kier molecular flexibility index (Phi) is 7.26. The Balaban J connectivity index is 2.74. The number of aryl methyl sites for hydroxylation is 1. The van der Waals surface area contributed by atoms with Crippen LogP contribution in [0.1, 0.15) is 18.1 Å². The Morgan fingerprint density at radius 2 is 2.10 bits per heavy atom. The predicted octanol–water partition coefficient (Wildman–Crippen LogP) is 2.80. The largest absolute Gasteiger partial charge is 0.434 e. The summed E-state index contributed by atoms with van der Waals surface area (Å²) in [5, 5.41) is 12.5. The monoisotopic (exact) mass is 305 g/mol. The van der Waals surface area contributed by atoms with Crippen molar-refractivity contribution in [2.75, 3.05) is 12.9 Å². The molecule has 114 valence electrons. The van der Waals surface area contributed by atoms with Crippen molar-refractivity contribution >= 4 is 11.8 Å². The number of aliphatic hydroxyl groups is 1. The zero-order valence-electron chi connectivity index (χ0n) is 11.9. The van der Waals surface area contributed by atoms with Gasteiger partial charge in [-0.1, -0.05) is 18.2 Å². The van der Waals surface area contributed by atoms with Crippen LogP contribution < -0.4 is 10.1 Å². The maximum atomic E-state index is 12.4. The predicted molar refractivity (Wildman–Crippen MR) is 78.5 cm³/mol. The van der Waals surface area contributed by atoms with E-state index in [9.17, 15) is 13.9 Å². The van der Waals surface area contributed by atoms with Gasteiger partial charge in [-0.05, 0) is 25.7 Å². The number of aliphatic hydroxyl groups excluding tert-OH is 1. The molecule has 0 aliphatic rings.